The molecule has 0 bridgehead atoms. The first kappa shape index (κ1) is 15.5. The summed E-state index contributed by atoms with van der Waals surface area (Å²) in [5, 5.41) is 13.2. The number of carbonyl (C=O) groups is 2. The Kier molecular flexibility index (Phi) is 5.35. The molecule has 0 aliphatic rings. The van der Waals surface area contributed by atoms with E-state index in [0.717, 1.165) is 17.9 Å². The monoisotopic (exact) mass is 325 g/mol. The summed E-state index contributed by atoms with van der Waals surface area (Å²) in [6.07, 6.45) is 0. The summed E-state index contributed by atoms with van der Waals surface area (Å²) >= 11 is 3.09. The van der Waals surface area contributed by atoms with E-state index in [1.165, 1.54) is 22.7 Å². The average Bonchev–Trinajstić information content (AvgIpc) is 2.91. The number of halogens is 1. The molecule has 1 aromatic heterocycles. The number of thiophene rings is 1. The number of benzene rings is 1. The molecule has 7 heteroatoms. The van der Waals surface area contributed by atoms with Crippen LogP contribution in [0.3, 0.4) is 0 Å². The number of anilines is 1. The molecule has 0 spiro atoms. The minimum atomic E-state index is -1.34. The first-order valence-corrected chi connectivity index (χ1v) is 8.02. The van der Waals surface area contributed by atoms with Gasteiger partial charge in [0.05, 0.1) is 11.3 Å². The Morgan fingerprint density at radius 2 is 2.14 bits per heavy atom. The lowest BCUT2D eigenvalue weighted by Crippen LogP contribution is -2.14. The first-order chi connectivity index (χ1) is 10.1. The van der Waals surface area contributed by atoms with Crippen molar-refractivity contribution in [2.24, 2.45) is 0 Å². The largest absolute Gasteiger partial charge is 0.478 e. The number of rotatable bonds is 6. The molecule has 0 aliphatic heterocycles. The number of carbonyl (C=O) groups excluding carboxylic acids is 1. The molecule has 0 saturated heterocycles. The lowest BCUT2D eigenvalue weighted by molar-refractivity contribution is -0.113. The van der Waals surface area contributed by atoms with Gasteiger partial charge in [-0.2, -0.15) is 0 Å². The van der Waals surface area contributed by atoms with Gasteiger partial charge in [0, 0.05) is 16.3 Å². The predicted molar refractivity (Wildman–Crippen MR) is 82.5 cm³/mol. The quantitative estimate of drug-likeness (QED) is 0.853. The normalized spacial score (nSPS) is 10.3. The van der Waals surface area contributed by atoms with E-state index in [9.17, 15) is 14.0 Å². The summed E-state index contributed by atoms with van der Waals surface area (Å²) in [5.74, 6) is -1.46. The van der Waals surface area contributed by atoms with E-state index in [-0.39, 0.29) is 17.3 Å². The molecule has 0 aliphatic carbocycles. The van der Waals surface area contributed by atoms with E-state index in [1.54, 1.807) is 11.3 Å². The van der Waals surface area contributed by atoms with Crippen LogP contribution in [-0.2, 0) is 10.5 Å². The van der Waals surface area contributed by atoms with Crippen molar-refractivity contribution in [2.75, 3.05) is 11.1 Å². The van der Waals surface area contributed by atoms with Crippen molar-refractivity contribution in [1.29, 1.82) is 0 Å². The van der Waals surface area contributed by atoms with E-state index < -0.39 is 17.3 Å². The van der Waals surface area contributed by atoms with Gasteiger partial charge in [-0.25, -0.2) is 9.18 Å². The van der Waals surface area contributed by atoms with Crippen LogP contribution in [0.1, 0.15) is 15.2 Å². The van der Waals surface area contributed by atoms with E-state index in [1.807, 2.05) is 17.5 Å². The Morgan fingerprint density at radius 3 is 2.76 bits per heavy atom. The Hall–Kier alpha value is -1.86. The highest BCUT2D eigenvalue weighted by Gasteiger charge is 2.11. The van der Waals surface area contributed by atoms with Crippen molar-refractivity contribution in [1.82, 2.24) is 0 Å². The molecule has 4 nitrogen and oxygen atoms in total. The lowest BCUT2D eigenvalue weighted by atomic mass is 10.2. The third-order valence-electron chi connectivity index (χ3n) is 2.54. The molecule has 2 N–H and O–H groups in total. The number of aromatic carboxylic acids is 1. The molecule has 2 rings (SSSR count). The Balaban J connectivity index is 1.85. The predicted octanol–water partition coefficient (Wildman–Crippen LogP) is 3.46. The van der Waals surface area contributed by atoms with Crippen molar-refractivity contribution < 1.29 is 19.1 Å². The van der Waals surface area contributed by atoms with Crippen LogP contribution < -0.4 is 5.32 Å². The Bertz CT molecular complexity index is 644. The molecular formula is C14H12FNO3S2. The first-order valence-electron chi connectivity index (χ1n) is 5.99. The van der Waals surface area contributed by atoms with E-state index in [4.69, 9.17) is 5.11 Å². The minimum Gasteiger partial charge on any atom is -0.478 e. The van der Waals surface area contributed by atoms with Gasteiger partial charge in [0.1, 0.15) is 5.82 Å². The van der Waals surface area contributed by atoms with Gasteiger partial charge >= 0.3 is 5.97 Å². The van der Waals surface area contributed by atoms with Crippen molar-refractivity contribution in [3.63, 3.8) is 0 Å². The molecule has 0 atom stereocenters. The fourth-order valence-electron chi connectivity index (χ4n) is 1.60. The van der Waals surface area contributed by atoms with Gasteiger partial charge in [0.15, 0.2) is 0 Å². The van der Waals surface area contributed by atoms with Gasteiger partial charge in [-0.3, -0.25) is 4.79 Å². The highest BCUT2D eigenvalue weighted by molar-refractivity contribution is 7.99. The van der Waals surface area contributed by atoms with Gasteiger partial charge in [-0.05, 0) is 29.6 Å². The van der Waals surface area contributed by atoms with Crippen LogP contribution in [0.25, 0.3) is 0 Å². The van der Waals surface area contributed by atoms with Gasteiger partial charge in [-0.1, -0.05) is 6.07 Å². The van der Waals surface area contributed by atoms with Gasteiger partial charge in [-0.15, -0.1) is 23.1 Å². The molecule has 1 heterocycles. The Morgan fingerprint density at radius 1 is 1.33 bits per heavy atom. The fraction of sp³-hybridized carbons (Fsp3) is 0.143. The number of carboxylic acids is 1. The van der Waals surface area contributed by atoms with Crippen LogP contribution >= 0.6 is 23.1 Å². The fourth-order valence-corrected chi connectivity index (χ4v) is 3.27. The van der Waals surface area contributed by atoms with Crippen molar-refractivity contribution in [3.8, 4) is 0 Å². The zero-order valence-corrected chi connectivity index (χ0v) is 12.5. The van der Waals surface area contributed by atoms with Crippen molar-refractivity contribution >= 4 is 40.7 Å². The van der Waals surface area contributed by atoms with Crippen LogP contribution in [0.15, 0.2) is 35.7 Å². The van der Waals surface area contributed by atoms with Crippen molar-refractivity contribution in [3.05, 3.63) is 52.0 Å². The molecule has 0 unspecified atom stereocenters. The second-order valence-corrected chi connectivity index (χ2v) is 6.14. The molecule has 0 radical (unpaired) electrons. The maximum absolute atomic E-state index is 13.5. The number of hydrogen-bond acceptors (Lipinski definition) is 4. The van der Waals surface area contributed by atoms with E-state index in [0.29, 0.717) is 0 Å². The average molecular weight is 325 g/mol. The smallest absolute Gasteiger partial charge is 0.338 e. The number of thioether (sulfide) groups is 1. The lowest BCUT2D eigenvalue weighted by Gasteiger charge is -2.06. The summed E-state index contributed by atoms with van der Waals surface area (Å²) in [6.45, 7) is 0. The molecule has 1 amide bonds. The summed E-state index contributed by atoms with van der Waals surface area (Å²) in [6, 6.07) is 7.45. The Labute approximate surface area is 129 Å². The minimum absolute atomic E-state index is 0.249. The van der Waals surface area contributed by atoms with Gasteiger partial charge in [0.2, 0.25) is 5.91 Å². The molecule has 2 aromatic rings. The number of hydrogen-bond donors (Lipinski definition) is 2. The zero-order valence-electron chi connectivity index (χ0n) is 10.8. The maximum atomic E-state index is 13.5. The zero-order chi connectivity index (χ0) is 15.2. The summed E-state index contributed by atoms with van der Waals surface area (Å²) < 4.78 is 13.5. The van der Waals surface area contributed by atoms with Gasteiger partial charge in [0.25, 0.3) is 0 Å². The van der Waals surface area contributed by atoms with Crippen molar-refractivity contribution in [2.45, 2.75) is 5.75 Å². The third-order valence-corrected chi connectivity index (χ3v) is 4.58. The molecule has 1 aromatic carbocycles. The topological polar surface area (TPSA) is 66.4 Å². The number of amides is 1. The summed E-state index contributed by atoms with van der Waals surface area (Å²) in [4.78, 5) is 23.6. The SMILES string of the molecule is O=C(CSCc1cccs1)Nc1ccc(C(=O)O)c(F)c1. The highest BCUT2D eigenvalue weighted by Crippen LogP contribution is 2.18. The molecule has 21 heavy (non-hydrogen) atoms. The number of nitrogens with one attached hydrogen (secondary N) is 1. The second-order valence-electron chi connectivity index (χ2n) is 4.12. The van der Waals surface area contributed by atoms with Gasteiger partial charge < -0.3 is 10.4 Å². The number of carboxylic acid groups (broad SMARTS) is 1. The van der Waals surface area contributed by atoms with Crippen LogP contribution in [0, 0.1) is 5.82 Å². The molecular weight excluding hydrogens is 313 g/mol. The summed E-state index contributed by atoms with van der Waals surface area (Å²) in [5.41, 5.74) is -0.167. The van der Waals surface area contributed by atoms with E-state index in [2.05, 4.69) is 5.32 Å². The van der Waals surface area contributed by atoms with Crippen LogP contribution in [0.5, 0.6) is 0 Å². The summed E-state index contributed by atoms with van der Waals surface area (Å²) in [7, 11) is 0. The molecule has 0 fully saturated rings. The molecule has 110 valence electrons. The maximum Gasteiger partial charge on any atom is 0.338 e. The molecule has 0 saturated carbocycles. The standard InChI is InChI=1S/C14H12FNO3S2/c15-12-6-9(3-4-11(12)14(18)19)16-13(17)8-20-7-10-2-1-5-21-10/h1-6H,7-8H2,(H,16,17)(H,18,19). The van der Waals surface area contributed by atoms with E-state index >= 15 is 0 Å². The van der Waals surface area contributed by atoms with Crippen LogP contribution in [-0.4, -0.2) is 22.7 Å². The van der Waals surface area contributed by atoms with Crippen LogP contribution in [0.2, 0.25) is 0 Å². The second kappa shape index (κ2) is 7.24. The third kappa shape index (κ3) is 4.57. The van der Waals surface area contributed by atoms with Crippen LogP contribution in [0.4, 0.5) is 10.1 Å². The highest BCUT2D eigenvalue weighted by atomic mass is 32.2.